The summed E-state index contributed by atoms with van der Waals surface area (Å²) in [6.07, 6.45) is 1.49. The van der Waals surface area contributed by atoms with Gasteiger partial charge >= 0.3 is 0 Å². The van der Waals surface area contributed by atoms with E-state index in [1.807, 2.05) is 36.1 Å². The van der Waals surface area contributed by atoms with Gasteiger partial charge in [-0.2, -0.15) is 0 Å². The van der Waals surface area contributed by atoms with E-state index in [0.717, 1.165) is 31.7 Å². The van der Waals surface area contributed by atoms with Crippen LogP contribution in [-0.4, -0.2) is 55.5 Å². The molecule has 1 N–H and O–H groups in total. The van der Waals surface area contributed by atoms with E-state index in [2.05, 4.69) is 5.32 Å². The van der Waals surface area contributed by atoms with Crippen molar-refractivity contribution < 1.29 is 14.3 Å². The number of hydrogen-bond acceptors (Lipinski definition) is 4. The molecular formula is C17H24ClN3O3. The molecule has 1 aromatic carbocycles. The molecule has 24 heavy (non-hydrogen) atoms. The van der Waals surface area contributed by atoms with Crippen molar-refractivity contribution in [3.05, 3.63) is 24.3 Å². The molecule has 132 valence electrons. The minimum absolute atomic E-state index is 0. The van der Waals surface area contributed by atoms with Gasteiger partial charge in [-0.1, -0.05) is 6.07 Å². The molecule has 0 bridgehead atoms. The molecule has 0 radical (unpaired) electrons. The zero-order valence-corrected chi connectivity index (χ0v) is 14.7. The summed E-state index contributed by atoms with van der Waals surface area (Å²) in [5, 5.41) is 3.26. The van der Waals surface area contributed by atoms with Crippen LogP contribution in [0, 0.1) is 0 Å². The first kappa shape index (κ1) is 18.5. The van der Waals surface area contributed by atoms with Crippen molar-refractivity contribution in [3.63, 3.8) is 0 Å². The number of halogens is 1. The molecule has 1 aromatic rings. The number of anilines is 1. The van der Waals surface area contributed by atoms with Crippen molar-refractivity contribution in [1.29, 1.82) is 0 Å². The maximum Gasteiger partial charge on any atom is 0.260 e. The van der Waals surface area contributed by atoms with Gasteiger partial charge in [-0.3, -0.25) is 9.59 Å². The molecule has 2 heterocycles. The summed E-state index contributed by atoms with van der Waals surface area (Å²) >= 11 is 0. The maximum absolute atomic E-state index is 12.3. The summed E-state index contributed by atoms with van der Waals surface area (Å²) in [5.41, 5.74) is 0.841. The number of nitrogens with one attached hydrogen (secondary N) is 1. The van der Waals surface area contributed by atoms with Crippen LogP contribution >= 0.6 is 12.4 Å². The summed E-state index contributed by atoms with van der Waals surface area (Å²) in [6, 6.07) is 7.59. The monoisotopic (exact) mass is 353 g/mol. The molecule has 0 aliphatic carbocycles. The summed E-state index contributed by atoms with van der Waals surface area (Å²) in [4.78, 5) is 27.7. The molecule has 7 heteroatoms. The molecule has 0 saturated carbocycles. The predicted octanol–water partition coefficient (Wildman–Crippen LogP) is 1.43. The lowest BCUT2D eigenvalue weighted by Crippen LogP contribution is -2.53. The van der Waals surface area contributed by atoms with Crippen LogP contribution in [0.3, 0.4) is 0 Å². The molecule has 1 atom stereocenters. The van der Waals surface area contributed by atoms with Crippen molar-refractivity contribution in [1.82, 2.24) is 10.2 Å². The SMILES string of the molecule is C[C@H]1CNCCN1C(=O)COc1cccc(N2CCCC2=O)c1.Cl. The molecule has 2 fully saturated rings. The lowest BCUT2D eigenvalue weighted by atomic mass is 10.2. The predicted molar refractivity (Wildman–Crippen MR) is 94.8 cm³/mol. The van der Waals surface area contributed by atoms with Gasteiger partial charge in [0.2, 0.25) is 5.91 Å². The topological polar surface area (TPSA) is 61.9 Å². The van der Waals surface area contributed by atoms with Crippen LogP contribution in [0.2, 0.25) is 0 Å². The summed E-state index contributed by atoms with van der Waals surface area (Å²) in [5.74, 6) is 0.771. The zero-order chi connectivity index (χ0) is 16.2. The Morgan fingerprint density at radius 2 is 2.21 bits per heavy atom. The van der Waals surface area contributed by atoms with E-state index in [-0.39, 0.29) is 36.9 Å². The van der Waals surface area contributed by atoms with Gasteiger partial charge in [0.1, 0.15) is 5.75 Å². The minimum atomic E-state index is 0. The number of rotatable bonds is 4. The summed E-state index contributed by atoms with van der Waals surface area (Å²) in [6.45, 7) is 5.16. The first-order valence-corrected chi connectivity index (χ1v) is 8.18. The number of amides is 2. The van der Waals surface area contributed by atoms with Gasteiger partial charge in [-0.05, 0) is 25.5 Å². The molecule has 2 amide bonds. The Morgan fingerprint density at radius 1 is 1.38 bits per heavy atom. The maximum atomic E-state index is 12.3. The number of nitrogens with zero attached hydrogens (tertiary/aromatic N) is 2. The van der Waals surface area contributed by atoms with Crippen molar-refractivity contribution in [2.24, 2.45) is 0 Å². The summed E-state index contributed by atoms with van der Waals surface area (Å²) < 4.78 is 5.66. The Hall–Kier alpha value is -1.79. The third-order valence-corrected chi connectivity index (χ3v) is 4.39. The van der Waals surface area contributed by atoms with E-state index in [9.17, 15) is 9.59 Å². The van der Waals surface area contributed by atoms with Gasteiger partial charge in [-0.25, -0.2) is 0 Å². The first-order chi connectivity index (χ1) is 11.1. The van der Waals surface area contributed by atoms with Gasteiger partial charge < -0.3 is 19.9 Å². The van der Waals surface area contributed by atoms with Crippen LogP contribution in [0.5, 0.6) is 5.75 Å². The first-order valence-electron chi connectivity index (χ1n) is 8.18. The van der Waals surface area contributed by atoms with Crippen molar-refractivity contribution >= 4 is 29.9 Å². The van der Waals surface area contributed by atoms with E-state index in [0.29, 0.717) is 18.7 Å². The second-order valence-corrected chi connectivity index (χ2v) is 6.08. The van der Waals surface area contributed by atoms with Gasteiger partial charge in [0.25, 0.3) is 5.91 Å². The van der Waals surface area contributed by atoms with E-state index < -0.39 is 0 Å². The van der Waals surface area contributed by atoms with Gasteiger partial charge in [-0.15, -0.1) is 12.4 Å². The summed E-state index contributed by atoms with van der Waals surface area (Å²) in [7, 11) is 0. The van der Waals surface area contributed by atoms with Crippen LogP contribution in [-0.2, 0) is 9.59 Å². The lowest BCUT2D eigenvalue weighted by molar-refractivity contribution is -0.136. The van der Waals surface area contributed by atoms with E-state index in [1.165, 1.54) is 0 Å². The van der Waals surface area contributed by atoms with Gasteiger partial charge in [0, 0.05) is 50.4 Å². The number of carbonyl (C=O) groups is 2. The van der Waals surface area contributed by atoms with Crippen LogP contribution in [0.25, 0.3) is 0 Å². The van der Waals surface area contributed by atoms with E-state index in [1.54, 1.807) is 4.90 Å². The van der Waals surface area contributed by atoms with Gasteiger partial charge in [0.15, 0.2) is 6.61 Å². The third kappa shape index (κ3) is 4.19. The fraction of sp³-hybridized carbons (Fsp3) is 0.529. The van der Waals surface area contributed by atoms with Crippen molar-refractivity contribution in [2.45, 2.75) is 25.8 Å². The van der Waals surface area contributed by atoms with Crippen molar-refractivity contribution in [3.8, 4) is 5.75 Å². The standard InChI is InChI=1S/C17H23N3O3.ClH/c1-13-11-18-7-9-19(13)17(22)12-23-15-5-2-4-14(10-15)20-8-3-6-16(20)21;/h2,4-5,10,13,18H,3,6-9,11-12H2,1H3;1H/t13-;/m0./s1. The second-order valence-electron chi connectivity index (χ2n) is 6.08. The van der Waals surface area contributed by atoms with Crippen LogP contribution < -0.4 is 15.0 Å². The van der Waals surface area contributed by atoms with Gasteiger partial charge in [0.05, 0.1) is 0 Å². The minimum Gasteiger partial charge on any atom is -0.484 e. The highest BCUT2D eigenvalue weighted by atomic mass is 35.5. The van der Waals surface area contributed by atoms with Crippen LogP contribution in [0.15, 0.2) is 24.3 Å². The normalized spacial score (nSPS) is 20.7. The lowest BCUT2D eigenvalue weighted by Gasteiger charge is -2.33. The van der Waals surface area contributed by atoms with Crippen molar-refractivity contribution in [2.75, 3.05) is 37.7 Å². The highest BCUT2D eigenvalue weighted by Crippen LogP contribution is 2.25. The van der Waals surface area contributed by atoms with Crippen LogP contribution in [0.4, 0.5) is 5.69 Å². The molecular weight excluding hydrogens is 330 g/mol. The molecule has 0 aromatic heterocycles. The molecule has 2 aliphatic heterocycles. The molecule has 0 spiro atoms. The number of hydrogen-bond donors (Lipinski definition) is 1. The molecule has 2 aliphatic rings. The molecule has 2 saturated heterocycles. The Kier molecular flexibility index (Phi) is 6.45. The Morgan fingerprint density at radius 3 is 2.92 bits per heavy atom. The Bertz CT molecular complexity index is 596. The fourth-order valence-corrected chi connectivity index (χ4v) is 3.10. The fourth-order valence-electron chi connectivity index (χ4n) is 3.10. The zero-order valence-electron chi connectivity index (χ0n) is 13.9. The highest BCUT2D eigenvalue weighted by molar-refractivity contribution is 5.95. The average Bonchev–Trinajstić information content (AvgIpc) is 2.99. The number of ether oxygens (including phenoxy) is 1. The second kappa shape index (κ2) is 8.35. The third-order valence-electron chi connectivity index (χ3n) is 4.39. The average molecular weight is 354 g/mol. The van der Waals surface area contributed by atoms with E-state index in [4.69, 9.17) is 4.74 Å². The quantitative estimate of drug-likeness (QED) is 0.889. The molecule has 3 rings (SSSR count). The van der Waals surface area contributed by atoms with E-state index >= 15 is 0 Å². The number of benzene rings is 1. The Labute approximate surface area is 148 Å². The molecule has 6 nitrogen and oxygen atoms in total. The number of carbonyl (C=O) groups excluding carboxylic acids is 2. The smallest absolute Gasteiger partial charge is 0.260 e. The largest absolute Gasteiger partial charge is 0.484 e. The molecule has 0 unspecified atom stereocenters. The highest BCUT2D eigenvalue weighted by Gasteiger charge is 2.24. The van der Waals surface area contributed by atoms with Crippen LogP contribution in [0.1, 0.15) is 19.8 Å². The Balaban J connectivity index is 0.00000208. The number of piperazine rings is 1.